The van der Waals surface area contributed by atoms with E-state index in [0.717, 1.165) is 0 Å². The van der Waals surface area contributed by atoms with Crippen molar-refractivity contribution >= 4 is 43.8 Å². The quantitative estimate of drug-likeness (QED) is 0.339. The Morgan fingerprint density at radius 2 is 1.16 bits per heavy atom. The van der Waals surface area contributed by atoms with Crippen LogP contribution in [0.2, 0.25) is 0 Å². The molecule has 6 nitrogen and oxygen atoms in total. The highest BCUT2D eigenvalue weighted by atomic mass is 79.9. The molecule has 0 aromatic heterocycles. The highest BCUT2D eigenvalue weighted by Crippen LogP contribution is 2.20. The molecular weight excluding hydrogens is 388 g/mol. The average Bonchev–Trinajstić information content (AvgIpc) is 2.38. The van der Waals surface area contributed by atoms with Crippen LogP contribution in [-0.2, 0) is 9.59 Å². The van der Waals surface area contributed by atoms with Crippen LogP contribution in [0.15, 0.2) is 0 Å². The van der Waals surface area contributed by atoms with Crippen molar-refractivity contribution in [1.82, 2.24) is 0 Å². The van der Waals surface area contributed by atoms with Gasteiger partial charge in [-0.3, -0.25) is 9.59 Å². The van der Waals surface area contributed by atoms with Gasteiger partial charge in [0.1, 0.15) is 0 Å². The molecule has 8 heteroatoms. The number of halogens is 2. The van der Waals surface area contributed by atoms with Gasteiger partial charge >= 0.3 is 11.9 Å². The molecule has 0 radical (unpaired) electrons. The van der Waals surface area contributed by atoms with Gasteiger partial charge in [-0.25, -0.2) is 0 Å². The van der Waals surface area contributed by atoms with Gasteiger partial charge in [0.2, 0.25) is 0 Å². The van der Waals surface area contributed by atoms with Crippen LogP contribution in [0.1, 0.15) is 25.7 Å². The van der Waals surface area contributed by atoms with Crippen molar-refractivity contribution in [2.75, 3.05) is 23.9 Å². The summed E-state index contributed by atoms with van der Waals surface area (Å²) in [5.74, 6) is -1.74. The van der Waals surface area contributed by atoms with Crippen LogP contribution in [0.25, 0.3) is 0 Å². The van der Waals surface area contributed by atoms with Gasteiger partial charge in [-0.15, -0.1) is 0 Å². The zero-order chi connectivity index (χ0) is 15.3. The molecule has 0 aliphatic rings. The molecule has 0 aliphatic heterocycles. The van der Waals surface area contributed by atoms with Crippen LogP contribution < -0.4 is 0 Å². The Balaban J connectivity index is 0. The van der Waals surface area contributed by atoms with Crippen LogP contribution in [0.4, 0.5) is 0 Å². The lowest BCUT2D eigenvalue weighted by Crippen LogP contribution is -2.33. The molecule has 0 fully saturated rings. The summed E-state index contributed by atoms with van der Waals surface area (Å²) in [6.07, 6.45) is 1.02. The van der Waals surface area contributed by atoms with Crippen molar-refractivity contribution < 1.29 is 30.0 Å². The van der Waals surface area contributed by atoms with Crippen LogP contribution >= 0.6 is 31.9 Å². The fourth-order valence-electron chi connectivity index (χ4n) is 0.807. The number of aliphatic hydroxyl groups excluding tert-OH is 2. The van der Waals surface area contributed by atoms with Crippen molar-refractivity contribution in [3.05, 3.63) is 0 Å². The molecule has 0 aromatic carbocycles. The summed E-state index contributed by atoms with van der Waals surface area (Å²) in [4.78, 5) is 19.8. The van der Waals surface area contributed by atoms with E-state index in [9.17, 15) is 9.59 Å². The molecule has 0 saturated heterocycles. The number of aliphatic carboxylic acids is 2. The van der Waals surface area contributed by atoms with Crippen molar-refractivity contribution in [3.8, 4) is 0 Å². The first-order valence-electron chi connectivity index (χ1n) is 5.64. The summed E-state index contributed by atoms with van der Waals surface area (Å²) >= 11 is 6.41. The molecule has 0 unspecified atom stereocenters. The van der Waals surface area contributed by atoms with E-state index < -0.39 is 11.9 Å². The minimum Gasteiger partial charge on any atom is -0.481 e. The highest BCUT2D eigenvalue weighted by molar-refractivity contribution is 9.09. The second kappa shape index (κ2) is 12.8. The average molecular weight is 408 g/mol. The summed E-state index contributed by atoms with van der Waals surface area (Å²) < 4.78 is 0. The fourth-order valence-corrected chi connectivity index (χ4v) is 2.45. The number of hydrogen-bond acceptors (Lipinski definition) is 4. The Kier molecular flexibility index (Phi) is 14.3. The molecule has 0 bridgehead atoms. The van der Waals surface area contributed by atoms with Gasteiger partial charge in [0.15, 0.2) is 0 Å². The lowest BCUT2D eigenvalue weighted by Gasteiger charge is -2.23. The third-order valence-corrected chi connectivity index (χ3v) is 4.65. The molecule has 114 valence electrons. The Morgan fingerprint density at radius 1 is 0.842 bits per heavy atom. The van der Waals surface area contributed by atoms with E-state index in [4.69, 9.17) is 20.4 Å². The summed E-state index contributed by atoms with van der Waals surface area (Å²) in [6, 6.07) is 0. The van der Waals surface area contributed by atoms with Crippen molar-refractivity contribution in [3.63, 3.8) is 0 Å². The van der Waals surface area contributed by atoms with Gasteiger partial charge < -0.3 is 20.4 Å². The summed E-state index contributed by atoms with van der Waals surface area (Å²) in [5, 5.41) is 35.0. The Hall–Kier alpha value is -0.180. The molecule has 0 aromatic rings. The predicted molar refractivity (Wildman–Crippen MR) is 77.9 cm³/mol. The maximum absolute atomic E-state index is 9.90. The minimum atomic E-state index is -0.870. The molecule has 0 spiro atoms. The fraction of sp³-hybridized carbons (Fsp3) is 0.818. The second-order valence-electron chi connectivity index (χ2n) is 4.08. The Labute approximate surface area is 129 Å². The molecule has 0 amide bonds. The number of aliphatic hydroxyl groups is 2. The van der Waals surface area contributed by atoms with Gasteiger partial charge in [0, 0.05) is 28.9 Å². The number of carboxylic acid groups (broad SMARTS) is 2. The number of carbonyl (C=O) groups is 2. The molecule has 0 heterocycles. The third-order valence-electron chi connectivity index (χ3n) is 2.27. The van der Waals surface area contributed by atoms with Crippen molar-refractivity contribution in [2.24, 2.45) is 5.41 Å². The summed E-state index contributed by atoms with van der Waals surface area (Å²) in [7, 11) is 0. The largest absolute Gasteiger partial charge is 0.481 e. The van der Waals surface area contributed by atoms with Crippen LogP contribution in [0, 0.1) is 5.41 Å². The van der Waals surface area contributed by atoms with E-state index in [-0.39, 0.29) is 31.5 Å². The molecule has 0 atom stereocenters. The van der Waals surface area contributed by atoms with Crippen LogP contribution in [-0.4, -0.2) is 56.2 Å². The summed E-state index contributed by atoms with van der Waals surface area (Å²) in [5.41, 5.74) is -0.389. The van der Waals surface area contributed by atoms with Crippen LogP contribution in [0.5, 0.6) is 0 Å². The molecule has 4 N–H and O–H groups in total. The summed E-state index contributed by atoms with van der Waals surface area (Å²) in [6.45, 7) is 0. The normalized spacial score (nSPS) is 10.5. The number of hydrogen-bond donors (Lipinski definition) is 4. The standard InChI is InChI=1S/C6H10O4.C5H10Br2O2/c7-5(8)3-1-2-4-6(9)10;6-1-5(2-7,3-8)4-9/h1-4H2,(H,7,8)(H,9,10);8-9H,1-4H2. The Morgan fingerprint density at radius 3 is 1.26 bits per heavy atom. The number of unbranched alkanes of at least 4 members (excludes halogenated alkanes) is 1. The SMILES string of the molecule is O=C(O)CCCCC(=O)O.OCC(CO)(CBr)CBr. The molecule has 19 heavy (non-hydrogen) atoms. The number of rotatable bonds is 9. The maximum Gasteiger partial charge on any atom is 0.303 e. The van der Waals surface area contributed by atoms with E-state index in [1.54, 1.807) is 0 Å². The van der Waals surface area contributed by atoms with Crippen molar-refractivity contribution in [2.45, 2.75) is 25.7 Å². The predicted octanol–water partition coefficient (Wildman–Crippen LogP) is 1.46. The Bertz CT molecular complexity index is 222. The zero-order valence-corrected chi connectivity index (χ0v) is 13.7. The first kappa shape index (κ1) is 21.1. The topological polar surface area (TPSA) is 115 Å². The van der Waals surface area contributed by atoms with E-state index in [2.05, 4.69) is 31.9 Å². The number of carboxylic acids is 2. The van der Waals surface area contributed by atoms with E-state index in [1.165, 1.54) is 0 Å². The first-order chi connectivity index (χ1) is 8.87. The molecular formula is C11H20Br2O6. The van der Waals surface area contributed by atoms with Gasteiger partial charge in [0.05, 0.1) is 13.2 Å². The zero-order valence-electron chi connectivity index (χ0n) is 10.5. The van der Waals surface area contributed by atoms with Gasteiger partial charge in [0.25, 0.3) is 0 Å². The van der Waals surface area contributed by atoms with Crippen molar-refractivity contribution in [1.29, 1.82) is 0 Å². The second-order valence-corrected chi connectivity index (χ2v) is 5.20. The molecule has 0 rings (SSSR count). The highest BCUT2D eigenvalue weighted by Gasteiger charge is 2.25. The van der Waals surface area contributed by atoms with E-state index in [1.807, 2.05) is 0 Å². The van der Waals surface area contributed by atoms with Gasteiger partial charge in [-0.1, -0.05) is 31.9 Å². The molecule has 0 aliphatic carbocycles. The lowest BCUT2D eigenvalue weighted by molar-refractivity contribution is -0.139. The third kappa shape index (κ3) is 12.6. The monoisotopic (exact) mass is 406 g/mol. The smallest absolute Gasteiger partial charge is 0.303 e. The van der Waals surface area contributed by atoms with E-state index >= 15 is 0 Å². The van der Waals surface area contributed by atoms with Crippen LogP contribution in [0.3, 0.4) is 0 Å². The van der Waals surface area contributed by atoms with Gasteiger partial charge in [-0.2, -0.15) is 0 Å². The maximum atomic E-state index is 9.90. The van der Waals surface area contributed by atoms with Gasteiger partial charge in [-0.05, 0) is 12.8 Å². The number of alkyl halides is 2. The minimum absolute atomic E-state index is 0. The molecule has 0 saturated carbocycles. The van der Waals surface area contributed by atoms with E-state index in [0.29, 0.717) is 23.5 Å². The first-order valence-corrected chi connectivity index (χ1v) is 7.89. The lowest BCUT2D eigenvalue weighted by atomic mass is 9.97.